The maximum absolute atomic E-state index is 5.54. The summed E-state index contributed by atoms with van der Waals surface area (Å²) in [5, 5.41) is 0. The summed E-state index contributed by atoms with van der Waals surface area (Å²) in [6.07, 6.45) is 1.90. The van der Waals surface area contributed by atoms with Gasteiger partial charge in [0.1, 0.15) is 11.6 Å². The number of nitrogens with one attached hydrogen (secondary N) is 1. The zero-order valence-corrected chi connectivity index (χ0v) is 17.7. The molecule has 3 aromatic rings. The van der Waals surface area contributed by atoms with Crippen molar-refractivity contribution in [2.45, 2.75) is 6.54 Å². The zero-order chi connectivity index (χ0) is 20.9. The molecule has 0 unspecified atom stereocenters. The number of imidazole rings is 1. The van der Waals surface area contributed by atoms with Crippen molar-refractivity contribution in [1.29, 1.82) is 0 Å². The Morgan fingerprint density at radius 1 is 0.867 bits per heavy atom. The van der Waals surface area contributed by atoms with Crippen molar-refractivity contribution in [3.63, 3.8) is 0 Å². The van der Waals surface area contributed by atoms with E-state index in [4.69, 9.17) is 14.2 Å². The van der Waals surface area contributed by atoms with Gasteiger partial charge >= 0.3 is 0 Å². The lowest BCUT2D eigenvalue weighted by molar-refractivity contribution is 0.246. The van der Waals surface area contributed by atoms with Crippen LogP contribution < -0.4 is 19.1 Å². The van der Waals surface area contributed by atoms with Gasteiger partial charge in [-0.05, 0) is 24.3 Å². The number of rotatable bonds is 7. The van der Waals surface area contributed by atoms with Crippen LogP contribution in [0.4, 0.5) is 5.69 Å². The van der Waals surface area contributed by atoms with Gasteiger partial charge in [-0.15, -0.1) is 0 Å². The van der Waals surface area contributed by atoms with E-state index in [-0.39, 0.29) is 0 Å². The lowest BCUT2D eigenvalue weighted by Crippen LogP contribution is -2.46. The average Bonchev–Trinajstić information content (AvgIpc) is 3.27. The van der Waals surface area contributed by atoms with Crippen molar-refractivity contribution in [3.05, 3.63) is 54.4 Å². The van der Waals surface area contributed by atoms with E-state index in [9.17, 15) is 0 Å². The molecule has 0 amide bonds. The molecule has 1 N–H and O–H groups in total. The first-order chi connectivity index (χ1) is 14.7. The third-order valence-electron chi connectivity index (χ3n) is 5.48. The smallest absolute Gasteiger partial charge is 0.171 e. The third kappa shape index (κ3) is 4.07. The van der Waals surface area contributed by atoms with Crippen LogP contribution in [0.15, 0.2) is 48.7 Å². The van der Waals surface area contributed by atoms with E-state index in [1.165, 1.54) is 0 Å². The molecule has 0 spiro atoms. The number of piperazine rings is 1. The maximum Gasteiger partial charge on any atom is 0.171 e. The topological polar surface area (TPSA) is 62.9 Å². The largest absolute Gasteiger partial charge is 0.495 e. The van der Waals surface area contributed by atoms with Gasteiger partial charge < -0.3 is 24.1 Å². The van der Waals surface area contributed by atoms with Gasteiger partial charge in [-0.2, -0.15) is 0 Å². The van der Waals surface area contributed by atoms with E-state index >= 15 is 0 Å². The van der Waals surface area contributed by atoms with Gasteiger partial charge in [-0.1, -0.05) is 18.2 Å². The van der Waals surface area contributed by atoms with Crippen molar-refractivity contribution >= 4 is 5.69 Å². The van der Waals surface area contributed by atoms with Gasteiger partial charge in [0.05, 0.1) is 32.6 Å². The molecule has 1 saturated heterocycles. The second-order valence-corrected chi connectivity index (χ2v) is 7.23. The standard InChI is InChI=1S/C23H28N4O3/c1-28-20-9-5-4-8-19(20)27-13-11-26(12-14-27)16-17-15-24-23(25-17)18-7-6-10-21(29-2)22(18)30-3/h4-10,15H,11-14,16H2,1-3H3,(H,24,25). The molecule has 0 atom stereocenters. The highest BCUT2D eigenvalue weighted by Gasteiger charge is 2.21. The molecule has 0 saturated carbocycles. The fraction of sp³-hybridized carbons (Fsp3) is 0.348. The first-order valence-corrected chi connectivity index (χ1v) is 10.1. The third-order valence-corrected chi connectivity index (χ3v) is 5.48. The highest BCUT2D eigenvalue weighted by molar-refractivity contribution is 5.69. The van der Waals surface area contributed by atoms with Gasteiger partial charge in [-0.25, -0.2) is 4.98 Å². The number of H-pyrrole nitrogens is 1. The Morgan fingerprint density at radius 2 is 1.60 bits per heavy atom. The fourth-order valence-electron chi connectivity index (χ4n) is 3.93. The van der Waals surface area contributed by atoms with E-state index in [2.05, 4.69) is 31.9 Å². The first kappa shape index (κ1) is 20.1. The van der Waals surface area contributed by atoms with Crippen molar-refractivity contribution in [2.75, 3.05) is 52.4 Å². The number of nitrogens with zero attached hydrogens (tertiary/aromatic N) is 3. The molecule has 2 aromatic carbocycles. The molecule has 2 heterocycles. The minimum Gasteiger partial charge on any atom is -0.495 e. The Bertz CT molecular complexity index is 980. The highest BCUT2D eigenvalue weighted by atomic mass is 16.5. The summed E-state index contributed by atoms with van der Waals surface area (Å²) in [6, 6.07) is 14.0. The van der Waals surface area contributed by atoms with Crippen LogP contribution in [0.5, 0.6) is 17.2 Å². The Morgan fingerprint density at radius 3 is 2.33 bits per heavy atom. The molecule has 1 aliphatic heterocycles. The number of hydrogen-bond donors (Lipinski definition) is 1. The van der Waals surface area contributed by atoms with E-state index < -0.39 is 0 Å². The van der Waals surface area contributed by atoms with Crippen molar-refractivity contribution < 1.29 is 14.2 Å². The summed E-state index contributed by atoms with van der Waals surface area (Å²) in [7, 11) is 5.01. The Kier molecular flexibility index (Phi) is 6.09. The SMILES string of the molecule is COc1ccccc1N1CCN(Cc2cnc(-c3cccc(OC)c3OC)[nH]2)CC1. The van der Waals surface area contributed by atoms with Crippen LogP contribution in [0.3, 0.4) is 0 Å². The van der Waals surface area contributed by atoms with Crippen LogP contribution >= 0.6 is 0 Å². The molecule has 4 rings (SSSR count). The van der Waals surface area contributed by atoms with Gasteiger partial charge in [0.25, 0.3) is 0 Å². The van der Waals surface area contributed by atoms with Gasteiger partial charge in [0.15, 0.2) is 11.5 Å². The molecular formula is C23H28N4O3. The average molecular weight is 409 g/mol. The van der Waals surface area contributed by atoms with Crippen molar-refractivity contribution in [3.8, 4) is 28.6 Å². The summed E-state index contributed by atoms with van der Waals surface area (Å²) in [6.45, 7) is 4.72. The van der Waals surface area contributed by atoms with Crippen LogP contribution in [0.2, 0.25) is 0 Å². The van der Waals surface area contributed by atoms with Crippen LogP contribution in [0.25, 0.3) is 11.4 Å². The predicted octanol–water partition coefficient (Wildman–Crippen LogP) is 3.42. The normalized spacial score (nSPS) is 14.6. The zero-order valence-electron chi connectivity index (χ0n) is 17.7. The highest BCUT2D eigenvalue weighted by Crippen LogP contribution is 2.36. The molecule has 1 fully saturated rings. The Hall–Kier alpha value is -3.19. The summed E-state index contributed by atoms with van der Waals surface area (Å²) < 4.78 is 16.5. The second-order valence-electron chi connectivity index (χ2n) is 7.23. The van der Waals surface area contributed by atoms with Crippen LogP contribution in [-0.2, 0) is 6.54 Å². The lowest BCUT2D eigenvalue weighted by Gasteiger charge is -2.36. The number of benzene rings is 2. The summed E-state index contributed by atoms with van der Waals surface area (Å²) >= 11 is 0. The van der Waals surface area contributed by atoms with E-state index in [0.29, 0.717) is 11.5 Å². The molecule has 1 aromatic heterocycles. The molecule has 7 heteroatoms. The second kappa shape index (κ2) is 9.09. The number of anilines is 1. The van der Waals surface area contributed by atoms with Crippen LogP contribution in [0.1, 0.15) is 5.69 Å². The number of ether oxygens (including phenoxy) is 3. The van der Waals surface area contributed by atoms with Crippen molar-refractivity contribution in [1.82, 2.24) is 14.9 Å². The molecule has 158 valence electrons. The minimum absolute atomic E-state index is 0.686. The van der Waals surface area contributed by atoms with E-state index in [0.717, 1.165) is 61.2 Å². The number of para-hydroxylation sites is 3. The molecule has 0 radical (unpaired) electrons. The minimum atomic E-state index is 0.686. The summed E-state index contributed by atoms with van der Waals surface area (Å²) in [5.41, 5.74) is 3.14. The number of aromatic nitrogens is 2. The molecule has 0 aliphatic carbocycles. The fourth-order valence-corrected chi connectivity index (χ4v) is 3.93. The summed E-state index contributed by atoms with van der Waals surface area (Å²) in [4.78, 5) is 12.8. The predicted molar refractivity (Wildman–Crippen MR) is 118 cm³/mol. The Balaban J connectivity index is 1.41. The number of aromatic amines is 1. The van der Waals surface area contributed by atoms with Gasteiger partial charge in [-0.3, -0.25) is 4.90 Å². The molecule has 30 heavy (non-hydrogen) atoms. The van der Waals surface area contributed by atoms with Crippen LogP contribution in [-0.4, -0.2) is 62.4 Å². The maximum atomic E-state index is 5.54. The number of hydrogen-bond acceptors (Lipinski definition) is 6. The van der Waals surface area contributed by atoms with Crippen molar-refractivity contribution in [2.24, 2.45) is 0 Å². The molecule has 7 nitrogen and oxygen atoms in total. The molecule has 0 bridgehead atoms. The lowest BCUT2D eigenvalue weighted by atomic mass is 10.1. The van der Waals surface area contributed by atoms with Gasteiger partial charge in [0, 0.05) is 44.6 Å². The quantitative estimate of drug-likeness (QED) is 0.646. The monoisotopic (exact) mass is 408 g/mol. The van der Waals surface area contributed by atoms with E-state index in [1.54, 1.807) is 21.3 Å². The molecular weight excluding hydrogens is 380 g/mol. The number of methoxy groups -OCH3 is 3. The van der Waals surface area contributed by atoms with Gasteiger partial charge in [0.2, 0.25) is 0 Å². The Labute approximate surface area is 177 Å². The summed E-state index contributed by atoms with van der Waals surface area (Å²) in [5.74, 6) is 3.09. The molecule has 1 aliphatic rings. The van der Waals surface area contributed by atoms with Crippen LogP contribution in [0, 0.1) is 0 Å². The van der Waals surface area contributed by atoms with E-state index in [1.807, 2.05) is 36.5 Å². The first-order valence-electron chi connectivity index (χ1n) is 10.1.